The van der Waals surface area contributed by atoms with Crippen molar-refractivity contribution in [2.75, 3.05) is 5.73 Å². The minimum atomic E-state index is -0.226. The monoisotopic (exact) mass is 230 g/mol. The summed E-state index contributed by atoms with van der Waals surface area (Å²) < 4.78 is 6.71. The molecule has 0 amide bonds. The third-order valence-electron chi connectivity index (χ3n) is 2.46. The Labute approximate surface area is 95.7 Å². The van der Waals surface area contributed by atoms with Crippen LogP contribution in [0.1, 0.15) is 5.76 Å². The molecule has 17 heavy (non-hydrogen) atoms. The van der Waals surface area contributed by atoms with Gasteiger partial charge in [-0.25, -0.2) is 4.98 Å². The van der Waals surface area contributed by atoms with Gasteiger partial charge in [0.25, 0.3) is 5.56 Å². The van der Waals surface area contributed by atoms with Gasteiger partial charge in [-0.05, 0) is 19.1 Å². The molecule has 0 aromatic carbocycles. The molecule has 3 heterocycles. The van der Waals surface area contributed by atoms with Gasteiger partial charge in [-0.2, -0.15) is 4.52 Å². The number of hydrogen-bond donors (Lipinski definition) is 2. The van der Waals surface area contributed by atoms with Crippen LogP contribution in [-0.2, 0) is 0 Å². The van der Waals surface area contributed by atoms with Crippen molar-refractivity contribution in [1.82, 2.24) is 14.6 Å². The summed E-state index contributed by atoms with van der Waals surface area (Å²) in [5, 5.41) is 2.70. The van der Waals surface area contributed by atoms with Crippen molar-refractivity contribution >= 4 is 11.5 Å². The van der Waals surface area contributed by atoms with E-state index >= 15 is 0 Å². The van der Waals surface area contributed by atoms with Crippen molar-refractivity contribution in [1.29, 1.82) is 0 Å². The topological polar surface area (TPSA) is 89.3 Å². The number of hydrogen-bond acceptors (Lipinski definition) is 4. The number of nitrogens with one attached hydrogen (secondary N) is 1. The summed E-state index contributed by atoms with van der Waals surface area (Å²) in [4.78, 5) is 16.1. The SMILES string of the molecule is Cc1ccc(-c2cc(=O)n3[nH]c(N)cc3n2)o1. The molecule has 0 fully saturated rings. The molecule has 0 radical (unpaired) electrons. The standard InChI is InChI=1S/C11H10N4O2/c1-6-2-3-8(17-6)7-4-11(16)15-10(13-7)5-9(12)14-15/h2-5,14H,12H2,1H3. The summed E-state index contributed by atoms with van der Waals surface area (Å²) in [6, 6.07) is 6.61. The largest absolute Gasteiger partial charge is 0.460 e. The predicted octanol–water partition coefficient (Wildman–Crippen LogP) is 1.17. The Morgan fingerprint density at radius 3 is 2.94 bits per heavy atom. The zero-order valence-electron chi connectivity index (χ0n) is 9.10. The van der Waals surface area contributed by atoms with Crippen molar-refractivity contribution in [3.8, 4) is 11.5 Å². The second kappa shape index (κ2) is 3.24. The van der Waals surface area contributed by atoms with Gasteiger partial charge in [0.05, 0.1) is 0 Å². The molecule has 0 aliphatic rings. The Bertz CT molecular complexity index is 750. The summed E-state index contributed by atoms with van der Waals surface area (Å²) in [5.74, 6) is 1.74. The molecule has 0 unspecified atom stereocenters. The molecule has 0 spiro atoms. The van der Waals surface area contributed by atoms with Gasteiger partial charge >= 0.3 is 0 Å². The Balaban J connectivity index is 2.28. The van der Waals surface area contributed by atoms with Crippen LogP contribution in [0.2, 0.25) is 0 Å². The summed E-state index contributed by atoms with van der Waals surface area (Å²) in [6.07, 6.45) is 0. The Hall–Kier alpha value is -2.50. The number of aromatic amines is 1. The Morgan fingerprint density at radius 1 is 1.41 bits per heavy atom. The number of H-pyrrole nitrogens is 1. The average Bonchev–Trinajstić information content (AvgIpc) is 2.83. The van der Waals surface area contributed by atoms with E-state index < -0.39 is 0 Å². The average molecular weight is 230 g/mol. The van der Waals surface area contributed by atoms with E-state index in [-0.39, 0.29) is 5.56 Å². The molecule has 86 valence electrons. The van der Waals surface area contributed by atoms with Gasteiger partial charge < -0.3 is 10.2 Å². The van der Waals surface area contributed by atoms with Gasteiger partial charge in [0.2, 0.25) is 0 Å². The molecule has 0 aliphatic carbocycles. The summed E-state index contributed by atoms with van der Waals surface area (Å²) in [6.45, 7) is 1.84. The lowest BCUT2D eigenvalue weighted by Gasteiger charge is -1.96. The number of furan rings is 1. The Kier molecular flexibility index (Phi) is 1.85. The van der Waals surface area contributed by atoms with Crippen LogP contribution < -0.4 is 11.3 Å². The van der Waals surface area contributed by atoms with E-state index in [0.717, 1.165) is 5.76 Å². The molecule has 0 aliphatic heterocycles. The van der Waals surface area contributed by atoms with Crippen LogP contribution in [0.5, 0.6) is 0 Å². The highest BCUT2D eigenvalue weighted by Crippen LogP contribution is 2.19. The van der Waals surface area contributed by atoms with Crippen LogP contribution in [0.4, 0.5) is 5.82 Å². The van der Waals surface area contributed by atoms with E-state index in [9.17, 15) is 4.79 Å². The highest BCUT2D eigenvalue weighted by Gasteiger charge is 2.09. The molecule has 3 aromatic rings. The summed E-state index contributed by atoms with van der Waals surface area (Å²) >= 11 is 0. The van der Waals surface area contributed by atoms with Crippen molar-refractivity contribution in [3.05, 3.63) is 40.4 Å². The van der Waals surface area contributed by atoms with E-state index in [1.165, 1.54) is 10.6 Å². The number of fused-ring (bicyclic) bond motifs is 1. The number of rotatable bonds is 1. The van der Waals surface area contributed by atoms with Crippen LogP contribution in [0, 0.1) is 6.92 Å². The molecule has 6 heteroatoms. The van der Waals surface area contributed by atoms with Gasteiger partial charge in [0, 0.05) is 12.1 Å². The molecular formula is C11H10N4O2. The van der Waals surface area contributed by atoms with E-state index in [1.54, 1.807) is 12.1 Å². The third kappa shape index (κ3) is 1.50. The zero-order valence-corrected chi connectivity index (χ0v) is 9.10. The maximum atomic E-state index is 11.8. The van der Waals surface area contributed by atoms with Crippen LogP contribution in [0.3, 0.4) is 0 Å². The van der Waals surface area contributed by atoms with Crippen LogP contribution >= 0.6 is 0 Å². The highest BCUT2D eigenvalue weighted by atomic mass is 16.3. The summed E-state index contributed by atoms with van der Waals surface area (Å²) in [7, 11) is 0. The lowest BCUT2D eigenvalue weighted by Crippen LogP contribution is -2.14. The van der Waals surface area contributed by atoms with E-state index in [0.29, 0.717) is 22.9 Å². The molecule has 0 bridgehead atoms. The molecule has 0 saturated heterocycles. The first-order chi connectivity index (χ1) is 8.13. The van der Waals surface area contributed by atoms with Gasteiger partial charge in [-0.15, -0.1) is 0 Å². The van der Waals surface area contributed by atoms with Gasteiger partial charge in [0.1, 0.15) is 17.3 Å². The Morgan fingerprint density at radius 2 is 2.24 bits per heavy atom. The van der Waals surface area contributed by atoms with E-state index in [2.05, 4.69) is 10.1 Å². The van der Waals surface area contributed by atoms with E-state index in [1.807, 2.05) is 13.0 Å². The first kappa shape index (κ1) is 9.71. The number of anilines is 1. The predicted molar refractivity (Wildman–Crippen MR) is 62.7 cm³/mol. The quantitative estimate of drug-likeness (QED) is 0.656. The molecule has 3 aromatic heterocycles. The minimum absolute atomic E-state index is 0.226. The fraction of sp³-hybridized carbons (Fsp3) is 0.0909. The number of nitrogen functional groups attached to an aromatic ring is 1. The van der Waals surface area contributed by atoms with Crippen molar-refractivity contribution < 1.29 is 4.42 Å². The fourth-order valence-electron chi connectivity index (χ4n) is 1.71. The number of nitrogens with zero attached hydrogens (tertiary/aromatic N) is 2. The van der Waals surface area contributed by atoms with Crippen molar-refractivity contribution in [2.45, 2.75) is 6.92 Å². The highest BCUT2D eigenvalue weighted by molar-refractivity contribution is 5.58. The molecule has 3 N–H and O–H groups in total. The first-order valence-electron chi connectivity index (χ1n) is 5.08. The molecule has 0 atom stereocenters. The second-order valence-corrected chi connectivity index (χ2v) is 3.80. The van der Waals surface area contributed by atoms with Crippen LogP contribution in [0.15, 0.2) is 33.5 Å². The molecule has 6 nitrogen and oxygen atoms in total. The minimum Gasteiger partial charge on any atom is -0.460 e. The second-order valence-electron chi connectivity index (χ2n) is 3.80. The number of aromatic nitrogens is 3. The van der Waals surface area contributed by atoms with E-state index in [4.69, 9.17) is 10.2 Å². The van der Waals surface area contributed by atoms with Crippen LogP contribution in [0.25, 0.3) is 17.1 Å². The van der Waals surface area contributed by atoms with Gasteiger partial charge in [0.15, 0.2) is 11.4 Å². The normalized spacial score (nSPS) is 11.1. The fourth-order valence-corrected chi connectivity index (χ4v) is 1.71. The van der Waals surface area contributed by atoms with Crippen LogP contribution in [-0.4, -0.2) is 14.6 Å². The van der Waals surface area contributed by atoms with Crippen molar-refractivity contribution in [3.63, 3.8) is 0 Å². The zero-order chi connectivity index (χ0) is 12.0. The molecule has 3 rings (SSSR count). The lowest BCUT2D eigenvalue weighted by molar-refractivity contribution is 0.546. The molecular weight excluding hydrogens is 220 g/mol. The third-order valence-corrected chi connectivity index (χ3v) is 2.46. The number of nitrogens with two attached hydrogens (primary N) is 1. The number of aryl methyl sites for hydroxylation is 1. The maximum absolute atomic E-state index is 11.8. The van der Waals surface area contributed by atoms with Gasteiger partial charge in [-0.3, -0.25) is 9.89 Å². The van der Waals surface area contributed by atoms with Gasteiger partial charge in [-0.1, -0.05) is 0 Å². The maximum Gasteiger partial charge on any atom is 0.273 e. The smallest absolute Gasteiger partial charge is 0.273 e. The molecule has 0 saturated carbocycles. The lowest BCUT2D eigenvalue weighted by atomic mass is 10.3. The van der Waals surface area contributed by atoms with Crippen molar-refractivity contribution in [2.24, 2.45) is 0 Å². The summed E-state index contributed by atoms with van der Waals surface area (Å²) in [5.41, 5.74) is 6.32. The first-order valence-corrected chi connectivity index (χ1v) is 5.08.